The van der Waals surface area contributed by atoms with Crippen LogP contribution in [0.3, 0.4) is 0 Å². The Balaban J connectivity index is 1.99. The average Bonchev–Trinajstić information content (AvgIpc) is 2.73. The van der Waals surface area contributed by atoms with Crippen molar-refractivity contribution in [2.45, 2.75) is 53.2 Å². The second kappa shape index (κ2) is 10.8. The molecule has 2 aromatic rings. The molecule has 0 saturated carbocycles. The van der Waals surface area contributed by atoms with E-state index < -0.39 is 47.7 Å². The summed E-state index contributed by atoms with van der Waals surface area (Å²) >= 11 is 0. The van der Waals surface area contributed by atoms with Crippen LogP contribution in [0.1, 0.15) is 46.1 Å². The van der Waals surface area contributed by atoms with E-state index in [-0.39, 0.29) is 12.0 Å². The first-order valence-corrected chi connectivity index (χ1v) is 10.0. The summed E-state index contributed by atoms with van der Waals surface area (Å²) in [5.74, 6) is -11.1. The van der Waals surface area contributed by atoms with Gasteiger partial charge in [-0.25, -0.2) is 13.2 Å². The zero-order valence-corrected chi connectivity index (χ0v) is 18.0. The van der Waals surface area contributed by atoms with Crippen molar-refractivity contribution in [3.63, 3.8) is 0 Å². The fourth-order valence-electron chi connectivity index (χ4n) is 2.72. The Morgan fingerprint density at radius 3 is 1.87 bits per heavy atom. The zero-order chi connectivity index (χ0) is 23.2. The van der Waals surface area contributed by atoms with E-state index in [9.17, 15) is 22.0 Å². The second-order valence-electron chi connectivity index (χ2n) is 8.26. The van der Waals surface area contributed by atoms with Crippen LogP contribution in [0.2, 0.25) is 0 Å². The summed E-state index contributed by atoms with van der Waals surface area (Å²) in [6.45, 7) is 7.62. The molecule has 0 aliphatic carbocycles. The van der Waals surface area contributed by atoms with Crippen LogP contribution in [0.25, 0.3) is 0 Å². The lowest BCUT2D eigenvalue weighted by Gasteiger charge is -2.24. The van der Waals surface area contributed by atoms with Crippen LogP contribution in [-0.4, -0.2) is 19.5 Å². The van der Waals surface area contributed by atoms with Gasteiger partial charge in [-0.1, -0.05) is 39.8 Å². The summed E-state index contributed by atoms with van der Waals surface area (Å²) in [5.41, 5.74) is 1.17. The number of halogens is 5. The molecule has 0 bridgehead atoms. The first-order valence-electron chi connectivity index (χ1n) is 10.0. The molecule has 31 heavy (non-hydrogen) atoms. The normalized spacial score (nSPS) is 12.7. The van der Waals surface area contributed by atoms with Crippen molar-refractivity contribution in [1.29, 1.82) is 0 Å². The summed E-state index contributed by atoms with van der Waals surface area (Å²) in [7, 11) is 0. The second-order valence-corrected chi connectivity index (χ2v) is 8.26. The molecule has 0 aromatic heterocycles. The van der Waals surface area contributed by atoms with Crippen molar-refractivity contribution >= 4 is 0 Å². The predicted molar refractivity (Wildman–Crippen MR) is 107 cm³/mol. The van der Waals surface area contributed by atoms with Crippen LogP contribution in [0, 0.1) is 34.5 Å². The molecule has 0 radical (unpaired) electrons. The molecule has 2 rings (SSSR count). The van der Waals surface area contributed by atoms with E-state index in [2.05, 4.69) is 20.8 Å². The Bertz CT molecular complexity index is 834. The van der Waals surface area contributed by atoms with Gasteiger partial charge in [0, 0.05) is 6.42 Å². The summed E-state index contributed by atoms with van der Waals surface area (Å²) < 4.78 is 83.3. The Kier molecular flexibility index (Phi) is 8.68. The summed E-state index contributed by atoms with van der Waals surface area (Å²) in [5, 5.41) is 0. The molecule has 0 N–H and O–H groups in total. The van der Waals surface area contributed by atoms with E-state index in [4.69, 9.17) is 14.2 Å². The fourth-order valence-corrected chi connectivity index (χ4v) is 2.72. The van der Waals surface area contributed by atoms with Crippen molar-refractivity contribution in [2.24, 2.45) is 5.41 Å². The van der Waals surface area contributed by atoms with E-state index in [0.717, 1.165) is 18.4 Å². The molecule has 1 unspecified atom stereocenters. The van der Waals surface area contributed by atoms with Gasteiger partial charge in [-0.15, -0.1) is 0 Å². The molecule has 1 atom stereocenters. The molecule has 0 saturated heterocycles. The monoisotopic (exact) mass is 446 g/mol. The van der Waals surface area contributed by atoms with Crippen LogP contribution in [0.4, 0.5) is 22.0 Å². The lowest BCUT2D eigenvalue weighted by Crippen LogP contribution is -2.25. The third-order valence-electron chi connectivity index (χ3n) is 4.53. The molecule has 0 heterocycles. The lowest BCUT2D eigenvalue weighted by atomic mass is 9.90. The Labute approximate surface area is 179 Å². The molecular formula is C23H27F5O3. The number of hydrogen-bond donors (Lipinski definition) is 0. The zero-order valence-electron chi connectivity index (χ0n) is 18.0. The van der Waals surface area contributed by atoms with E-state index >= 15 is 0 Å². The van der Waals surface area contributed by atoms with Crippen molar-refractivity contribution in [3.05, 3.63) is 58.9 Å². The van der Waals surface area contributed by atoms with Crippen molar-refractivity contribution in [1.82, 2.24) is 0 Å². The molecule has 0 fully saturated rings. The lowest BCUT2D eigenvalue weighted by molar-refractivity contribution is -0.0953. The molecule has 3 nitrogen and oxygen atoms in total. The van der Waals surface area contributed by atoms with E-state index in [1.54, 1.807) is 0 Å². The van der Waals surface area contributed by atoms with Crippen LogP contribution in [0.15, 0.2) is 24.3 Å². The van der Waals surface area contributed by atoms with Crippen molar-refractivity contribution in [3.8, 4) is 11.5 Å². The standard InChI is InChI=1S/C23H27F5O3/c1-5-14-6-8-15(9-7-14)31-16(10-11-23(2,3)4)29-12-13-30-22-20(27)18(25)17(24)19(26)21(22)28/h6-9,16H,5,10-13H2,1-4H3. The van der Waals surface area contributed by atoms with Crippen molar-refractivity contribution in [2.75, 3.05) is 13.2 Å². The first-order chi connectivity index (χ1) is 14.5. The molecule has 0 aliphatic rings. The highest BCUT2D eigenvalue weighted by Gasteiger charge is 2.27. The van der Waals surface area contributed by atoms with Crippen LogP contribution in [-0.2, 0) is 11.2 Å². The van der Waals surface area contributed by atoms with Gasteiger partial charge in [-0.05, 0) is 36.0 Å². The number of benzene rings is 2. The maximum absolute atomic E-state index is 13.7. The maximum atomic E-state index is 13.7. The Morgan fingerprint density at radius 1 is 0.806 bits per heavy atom. The van der Waals surface area contributed by atoms with Gasteiger partial charge in [0.25, 0.3) is 0 Å². The molecule has 172 valence electrons. The number of rotatable bonds is 10. The predicted octanol–water partition coefficient (Wildman–Crippen LogP) is 6.57. The minimum absolute atomic E-state index is 0.0168. The van der Waals surface area contributed by atoms with Gasteiger partial charge in [0.2, 0.25) is 29.1 Å². The van der Waals surface area contributed by atoms with Crippen LogP contribution in [0.5, 0.6) is 11.5 Å². The topological polar surface area (TPSA) is 27.7 Å². The number of ether oxygens (including phenoxy) is 3. The van der Waals surface area contributed by atoms with Gasteiger partial charge in [0.05, 0.1) is 6.61 Å². The highest BCUT2D eigenvalue weighted by molar-refractivity contribution is 5.30. The smallest absolute Gasteiger partial charge is 0.206 e. The summed E-state index contributed by atoms with van der Waals surface area (Å²) in [6.07, 6.45) is 1.51. The maximum Gasteiger partial charge on any atom is 0.206 e. The number of hydrogen-bond acceptors (Lipinski definition) is 3. The third kappa shape index (κ3) is 7.09. The minimum atomic E-state index is -2.23. The van der Waals surface area contributed by atoms with Gasteiger partial charge in [0.1, 0.15) is 12.4 Å². The molecule has 8 heteroatoms. The largest absolute Gasteiger partial charge is 0.485 e. The fraction of sp³-hybridized carbons (Fsp3) is 0.478. The van der Waals surface area contributed by atoms with E-state index in [1.165, 1.54) is 0 Å². The quantitative estimate of drug-likeness (QED) is 0.136. The first kappa shape index (κ1) is 24.9. The van der Waals surface area contributed by atoms with Crippen molar-refractivity contribution < 1.29 is 36.2 Å². The van der Waals surface area contributed by atoms with Gasteiger partial charge in [0.15, 0.2) is 12.0 Å². The molecule has 0 amide bonds. The molecule has 0 spiro atoms. The van der Waals surface area contributed by atoms with Gasteiger partial charge in [-0.3, -0.25) is 0 Å². The Morgan fingerprint density at radius 2 is 1.35 bits per heavy atom. The molecular weight excluding hydrogens is 419 g/mol. The summed E-state index contributed by atoms with van der Waals surface area (Å²) in [6, 6.07) is 7.50. The molecule has 2 aromatic carbocycles. The summed E-state index contributed by atoms with van der Waals surface area (Å²) in [4.78, 5) is 0. The average molecular weight is 446 g/mol. The van der Waals surface area contributed by atoms with Crippen LogP contribution >= 0.6 is 0 Å². The number of aryl methyl sites for hydroxylation is 1. The van der Waals surface area contributed by atoms with Gasteiger partial charge < -0.3 is 14.2 Å². The van der Waals surface area contributed by atoms with E-state index in [1.807, 2.05) is 31.2 Å². The Hall–Kier alpha value is -2.35. The van der Waals surface area contributed by atoms with Gasteiger partial charge in [-0.2, -0.15) is 8.78 Å². The molecule has 0 aliphatic heterocycles. The van der Waals surface area contributed by atoms with Crippen LogP contribution < -0.4 is 9.47 Å². The third-order valence-corrected chi connectivity index (χ3v) is 4.53. The van der Waals surface area contributed by atoms with E-state index in [0.29, 0.717) is 12.2 Å². The highest BCUT2D eigenvalue weighted by atomic mass is 19.2. The minimum Gasteiger partial charge on any atom is -0.485 e. The van der Waals surface area contributed by atoms with Gasteiger partial charge >= 0.3 is 0 Å². The highest BCUT2D eigenvalue weighted by Crippen LogP contribution is 2.29. The SMILES string of the molecule is CCc1ccc(OC(CCC(C)(C)C)OCCOc2c(F)c(F)c(F)c(F)c2F)cc1.